The van der Waals surface area contributed by atoms with Gasteiger partial charge in [0.2, 0.25) is 11.8 Å². The Kier molecular flexibility index (Phi) is 9.07. The number of aliphatic hydroxyl groups excluding tert-OH is 1. The summed E-state index contributed by atoms with van der Waals surface area (Å²) in [5, 5.41) is 10.4. The number of aliphatic hydroxyl groups is 1. The molecule has 3 aliphatic heterocycles. The number of thioether (sulfide) groups is 1. The van der Waals surface area contributed by atoms with Gasteiger partial charge in [-0.05, 0) is 31.7 Å². The number of ether oxygens (including phenoxy) is 1. The molecule has 7 nitrogen and oxygen atoms in total. The predicted molar refractivity (Wildman–Crippen MR) is 148 cm³/mol. The summed E-state index contributed by atoms with van der Waals surface area (Å²) < 4.78 is 4.67. The van der Waals surface area contributed by atoms with Crippen molar-refractivity contribution in [1.82, 2.24) is 9.80 Å². The zero-order valence-electron chi connectivity index (χ0n) is 21.6. The molecule has 1 N–H and O–H groups in total. The molecule has 3 unspecified atom stereocenters. The van der Waals surface area contributed by atoms with E-state index in [1.165, 1.54) is 0 Å². The van der Waals surface area contributed by atoms with Crippen LogP contribution in [0.25, 0.3) is 0 Å². The molecule has 0 aromatic heterocycles. The molecule has 2 bridgehead atoms. The minimum atomic E-state index is -0.780. The summed E-state index contributed by atoms with van der Waals surface area (Å²) in [6, 6.07) is 8.32. The number of amides is 2. The second-order valence-corrected chi connectivity index (χ2v) is 12.8. The van der Waals surface area contributed by atoms with E-state index in [1.807, 2.05) is 30.3 Å². The Morgan fingerprint density at radius 2 is 2.08 bits per heavy atom. The Hall–Kier alpha value is -1.84. The molecule has 0 radical (unpaired) electrons. The Balaban J connectivity index is 1.79. The average molecular weight is 594 g/mol. The highest BCUT2D eigenvalue weighted by Gasteiger charge is 2.76. The lowest BCUT2D eigenvalue weighted by Gasteiger charge is -2.40. The number of rotatable bonds is 12. The number of likely N-dealkylation sites (tertiary alicyclic amines) is 1. The van der Waals surface area contributed by atoms with Crippen LogP contribution in [0, 0.1) is 11.8 Å². The van der Waals surface area contributed by atoms with E-state index in [0.29, 0.717) is 25.9 Å². The third-order valence-corrected chi connectivity index (χ3v) is 11.1. The van der Waals surface area contributed by atoms with E-state index in [4.69, 9.17) is 4.74 Å². The largest absolute Gasteiger partial charge is 0.466 e. The SMILES string of the molecule is C=CCN(CCCC)C(=O)C1N([C@@H](CO)Cc2ccccc2)C(=O)[C@@H]2[C@H](C(=O)OCC)[C@H]3SC12CC3Br. The van der Waals surface area contributed by atoms with E-state index in [-0.39, 0.29) is 41.1 Å². The molecule has 2 amide bonds. The number of benzene rings is 1. The van der Waals surface area contributed by atoms with Crippen LogP contribution in [0.3, 0.4) is 0 Å². The fourth-order valence-electron chi connectivity index (χ4n) is 6.35. The van der Waals surface area contributed by atoms with Crippen LogP contribution >= 0.6 is 27.7 Å². The number of nitrogens with zero attached hydrogens (tertiary/aromatic N) is 2. The highest BCUT2D eigenvalue weighted by molar-refractivity contribution is 9.09. The van der Waals surface area contributed by atoms with E-state index in [0.717, 1.165) is 18.4 Å². The molecule has 1 spiro atoms. The van der Waals surface area contributed by atoms with Gasteiger partial charge < -0.3 is 19.6 Å². The van der Waals surface area contributed by atoms with Crippen LogP contribution in [0.1, 0.15) is 38.7 Å². The average Bonchev–Trinajstić information content (AvgIpc) is 3.49. The molecule has 3 saturated heterocycles. The summed E-state index contributed by atoms with van der Waals surface area (Å²) in [4.78, 5) is 45.2. The molecular formula is C28H37BrN2O5S. The first kappa shape index (κ1) is 28.2. The summed E-state index contributed by atoms with van der Waals surface area (Å²) in [6.07, 6.45) is 4.50. The molecule has 202 valence electrons. The molecule has 9 heteroatoms. The summed E-state index contributed by atoms with van der Waals surface area (Å²) in [5.41, 5.74) is 0.973. The van der Waals surface area contributed by atoms with Crippen molar-refractivity contribution in [1.29, 1.82) is 0 Å². The molecule has 3 fully saturated rings. The smallest absolute Gasteiger partial charge is 0.310 e. The van der Waals surface area contributed by atoms with Crippen molar-refractivity contribution >= 4 is 45.5 Å². The predicted octanol–water partition coefficient (Wildman–Crippen LogP) is 3.43. The van der Waals surface area contributed by atoms with Gasteiger partial charge in [-0.2, -0.15) is 0 Å². The van der Waals surface area contributed by atoms with Gasteiger partial charge in [0.05, 0.1) is 35.8 Å². The molecule has 37 heavy (non-hydrogen) atoms. The van der Waals surface area contributed by atoms with E-state index < -0.39 is 28.7 Å². The lowest BCUT2D eigenvalue weighted by atomic mass is 9.71. The van der Waals surface area contributed by atoms with Gasteiger partial charge in [0.25, 0.3) is 0 Å². The number of halogens is 1. The van der Waals surface area contributed by atoms with Crippen molar-refractivity contribution in [3.63, 3.8) is 0 Å². The van der Waals surface area contributed by atoms with Gasteiger partial charge in [-0.15, -0.1) is 18.3 Å². The van der Waals surface area contributed by atoms with Crippen molar-refractivity contribution in [2.24, 2.45) is 11.8 Å². The number of fused-ring (bicyclic) bond motifs is 1. The molecule has 0 saturated carbocycles. The van der Waals surface area contributed by atoms with Crippen molar-refractivity contribution in [3.05, 3.63) is 48.6 Å². The number of carbonyl (C=O) groups is 3. The van der Waals surface area contributed by atoms with Crippen LogP contribution < -0.4 is 0 Å². The quantitative estimate of drug-likeness (QED) is 0.227. The highest BCUT2D eigenvalue weighted by atomic mass is 79.9. The zero-order valence-corrected chi connectivity index (χ0v) is 24.0. The maximum Gasteiger partial charge on any atom is 0.310 e. The topological polar surface area (TPSA) is 87.2 Å². The zero-order chi connectivity index (χ0) is 26.7. The van der Waals surface area contributed by atoms with Gasteiger partial charge in [-0.3, -0.25) is 14.4 Å². The normalized spacial score (nSPS) is 30.8. The first-order valence-corrected chi connectivity index (χ1v) is 15.0. The fraction of sp³-hybridized carbons (Fsp3) is 0.607. The summed E-state index contributed by atoms with van der Waals surface area (Å²) in [7, 11) is 0. The van der Waals surface area contributed by atoms with Crippen LogP contribution in [-0.2, 0) is 25.5 Å². The first-order valence-electron chi connectivity index (χ1n) is 13.2. The number of hydrogen-bond donors (Lipinski definition) is 1. The van der Waals surface area contributed by atoms with Crippen LogP contribution in [0.2, 0.25) is 0 Å². The molecule has 3 aliphatic rings. The fourth-order valence-corrected chi connectivity index (χ4v) is 9.94. The Morgan fingerprint density at radius 3 is 2.70 bits per heavy atom. The van der Waals surface area contributed by atoms with Gasteiger partial charge >= 0.3 is 5.97 Å². The third-order valence-electron chi connectivity index (χ3n) is 7.88. The second-order valence-electron chi connectivity index (χ2n) is 10.1. The van der Waals surface area contributed by atoms with Crippen molar-refractivity contribution in [2.45, 2.75) is 66.4 Å². The minimum absolute atomic E-state index is 0.0172. The third kappa shape index (κ3) is 4.99. The lowest BCUT2D eigenvalue weighted by molar-refractivity contribution is -0.154. The number of hydrogen-bond acceptors (Lipinski definition) is 6. The number of unbranched alkanes of at least 4 members (excludes halogenated alkanes) is 1. The Morgan fingerprint density at radius 1 is 1.35 bits per heavy atom. The van der Waals surface area contributed by atoms with Gasteiger partial charge in [-0.1, -0.05) is 65.7 Å². The van der Waals surface area contributed by atoms with E-state index >= 15 is 0 Å². The van der Waals surface area contributed by atoms with Crippen LogP contribution in [0.4, 0.5) is 0 Å². The van der Waals surface area contributed by atoms with Gasteiger partial charge in [0.1, 0.15) is 6.04 Å². The van der Waals surface area contributed by atoms with Crippen molar-refractivity contribution < 1.29 is 24.2 Å². The highest BCUT2D eigenvalue weighted by Crippen LogP contribution is 2.68. The Labute approximate surface area is 232 Å². The van der Waals surface area contributed by atoms with E-state index in [2.05, 4.69) is 29.4 Å². The maximum absolute atomic E-state index is 14.4. The molecule has 3 heterocycles. The number of alkyl halides is 1. The van der Waals surface area contributed by atoms with Crippen molar-refractivity contribution in [2.75, 3.05) is 26.3 Å². The number of esters is 1. The van der Waals surface area contributed by atoms with Gasteiger partial charge in [-0.25, -0.2) is 0 Å². The molecular weight excluding hydrogens is 556 g/mol. The van der Waals surface area contributed by atoms with Gasteiger partial charge in [0, 0.05) is 23.2 Å². The molecule has 7 atom stereocenters. The second kappa shape index (κ2) is 11.9. The minimum Gasteiger partial charge on any atom is -0.466 e. The van der Waals surface area contributed by atoms with Crippen LogP contribution in [0.5, 0.6) is 0 Å². The molecule has 4 rings (SSSR count). The molecule has 1 aromatic carbocycles. The van der Waals surface area contributed by atoms with Crippen molar-refractivity contribution in [3.8, 4) is 0 Å². The van der Waals surface area contributed by atoms with E-state index in [9.17, 15) is 19.5 Å². The first-order chi connectivity index (χ1) is 17.8. The monoisotopic (exact) mass is 592 g/mol. The number of carbonyl (C=O) groups excluding carboxylic acids is 3. The lowest BCUT2D eigenvalue weighted by Crippen LogP contribution is -2.58. The molecule has 0 aliphatic carbocycles. The summed E-state index contributed by atoms with van der Waals surface area (Å²) in [6.45, 7) is 8.59. The van der Waals surface area contributed by atoms with Crippen LogP contribution in [-0.4, -0.2) is 85.9 Å². The maximum atomic E-state index is 14.4. The molecule has 1 aromatic rings. The van der Waals surface area contributed by atoms with Crippen LogP contribution in [0.15, 0.2) is 43.0 Å². The standard InChI is InChI=1S/C28H37BrN2O5S/c1-4-7-14-30(13-5-2)26(34)24-28-16-20(29)23(37-28)21(27(35)36-6-3)22(28)25(33)31(24)19(17-32)15-18-11-9-8-10-12-18/h5,8-12,19-24,32H,2,4,6-7,13-17H2,1,3H3/t19-,20?,21+,22+,23+,24?,28?/m1/s1. The Bertz CT molecular complexity index is 1010. The summed E-state index contributed by atoms with van der Waals surface area (Å²) in [5.74, 6) is -2.03. The summed E-state index contributed by atoms with van der Waals surface area (Å²) >= 11 is 5.36. The van der Waals surface area contributed by atoms with E-state index in [1.54, 1.807) is 34.6 Å². The van der Waals surface area contributed by atoms with Gasteiger partial charge in [0.15, 0.2) is 0 Å².